The number of benzene rings is 2. The van der Waals surface area contributed by atoms with Gasteiger partial charge < -0.3 is 28.8 Å². The molecule has 10 rings (SSSR count). The van der Waals surface area contributed by atoms with Crippen molar-refractivity contribution in [2.45, 2.75) is 76.2 Å². The van der Waals surface area contributed by atoms with Crippen LogP contribution in [0.2, 0.25) is 0 Å². The third-order valence-corrected chi connectivity index (χ3v) is 13.2. The number of nitrogens with zero attached hydrogens (tertiary/aromatic N) is 1. The molecule has 2 aliphatic heterocycles. The summed E-state index contributed by atoms with van der Waals surface area (Å²) in [6.45, 7) is 8.80. The van der Waals surface area contributed by atoms with Crippen LogP contribution in [-0.4, -0.2) is 89.8 Å². The van der Waals surface area contributed by atoms with E-state index in [0.29, 0.717) is 23.1 Å². The summed E-state index contributed by atoms with van der Waals surface area (Å²) in [7, 11) is 1.88. The van der Waals surface area contributed by atoms with Crippen LogP contribution in [0.15, 0.2) is 72.8 Å². The molecule has 50 heavy (non-hydrogen) atoms. The molecule has 8 fully saturated rings. The smallest absolute Gasteiger partial charge is 0.338 e. The lowest BCUT2D eigenvalue weighted by Crippen LogP contribution is -2.77. The number of aliphatic hydroxyl groups excluding tert-OH is 1. The molecule has 2 heterocycles. The first kappa shape index (κ1) is 32.8. The summed E-state index contributed by atoms with van der Waals surface area (Å²) in [5, 5.41) is 12.7. The Balaban J connectivity index is 1.35. The van der Waals surface area contributed by atoms with Crippen LogP contribution in [0, 0.1) is 39.9 Å². The quantitative estimate of drug-likeness (QED) is 0.198. The van der Waals surface area contributed by atoms with Crippen molar-refractivity contribution in [2.75, 3.05) is 7.05 Å². The van der Waals surface area contributed by atoms with Crippen molar-refractivity contribution in [3.8, 4) is 0 Å². The summed E-state index contributed by atoms with van der Waals surface area (Å²) in [5.41, 5.74) is -2.04. The number of carbonyl (C=O) groups excluding carboxylic acids is 5. The predicted octanol–water partition coefficient (Wildman–Crippen LogP) is 3.39. The van der Waals surface area contributed by atoms with E-state index in [-0.39, 0.29) is 6.42 Å². The number of carbonyl (C=O) groups is 5. The van der Waals surface area contributed by atoms with Crippen molar-refractivity contribution in [1.29, 1.82) is 0 Å². The van der Waals surface area contributed by atoms with E-state index in [1.807, 2.05) is 7.05 Å². The fourth-order valence-corrected chi connectivity index (χ4v) is 12.3. The molecule has 0 radical (unpaired) electrons. The number of aliphatic hydroxyl groups is 1. The molecule has 0 aromatic heterocycles. The summed E-state index contributed by atoms with van der Waals surface area (Å²) >= 11 is 0. The van der Waals surface area contributed by atoms with Crippen LogP contribution < -0.4 is 0 Å². The van der Waals surface area contributed by atoms with E-state index in [1.165, 1.54) is 13.8 Å². The summed E-state index contributed by atoms with van der Waals surface area (Å²) in [6.07, 6.45) is -3.76. The third-order valence-electron chi connectivity index (χ3n) is 13.2. The molecule has 2 saturated heterocycles. The molecule has 11 nitrogen and oxygen atoms in total. The summed E-state index contributed by atoms with van der Waals surface area (Å²) in [5.74, 6) is -4.83. The summed E-state index contributed by atoms with van der Waals surface area (Å²) in [6, 6.07) is 15.9. The van der Waals surface area contributed by atoms with Gasteiger partial charge in [0.15, 0.2) is 0 Å². The lowest BCUT2D eigenvalue weighted by atomic mass is 9.37. The SMILES string of the molecule is C=C1C[C@]23[C@@H]4[C@H](OC(=O)c5ccccc5)[C@H]1[C@@H](OC(C)=O)[C@H]2[C@]12[C@H](OC(C)=O)[C@@H](OC(=O)c5ccccc5)C[C@@](C)(C=O)[C@H]1[C@H]([C@H]3O)N(C)[C@H]42. The van der Waals surface area contributed by atoms with Gasteiger partial charge in [-0.3, -0.25) is 14.5 Å². The number of fused-ring (bicyclic) bond motifs is 1. The van der Waals surface area contributed by atoms with Crippen molar-refractivity contribution >= 4 is 30.2 Å². The van der Waals surface area contributed by atoms with Gasteiger partial charge >= 0.3 is 23.9 Å². The van der Waals surface area contributed by atoms with E-state index in [9.17, 15) is 29.1 Å². The Hall–Kier alpha value is -4.35. The predicted molar refractivity (Wildman–Crippen MR) is 175 cm³/mol. The topological polar surface area (TPSA) is 146 Å². The second-order valence-corrected chi connectivity index (χ2v) is 15.5. The van der Waals surface area contributed by atoms with Crippen molar-refractivity contribution in [1.82, 2.24) is 4.90 Å². The first-order valence-electron chi connectivity index (χ1n) is 17.2. The lowest BCUT2D eigenvalue weighted by Gasteiger charge is -2.69. The normalized spacial score (nSPS) is 43.1. The molecule has 2 aromatic rings. The monoisotopic (exact) mass is 683 g/mol. The van der Waals surface area contributed by atoms with E-state index < -0.39 is 106 Å². The first-order chi connectivity index (χ1) is 23.8. The molecule has 2 spiro atoms. The number of likely N-dealkylation sites (N-methyl/N-ethyl adjacent to an activating group) is 1. The fraction of sp³-hybridized carbons (Fsp3) is 0.513. The van der Waals surface area contributed by atoms with E-state index in [4.69, 9.17) is 18.9 Å². The minimum absolute atomic E-state index is 0.0361. The lowest BCUT2D eigenvalue weighted by molar-refractivity contribution is -0.286. The number of ether oxygens (including phenoxy) is 4. The molecule has 11 heteroatoms. The van der Waals surface area contributed by atoms with Crippen LogP contribution in [0.3, 0.4) is 0 Å². The summed E-state index contributed by atoms with van der Waals surface area (Å²) < 4.78 is 25.3. The van der Waals surface area contributed by atoms with Crippen LogP contribution in [0.4, 0.5) is 0 Å². The molecule has 14 atom stereocenters. The molecular weight excluding hydrogens is 642 g/mol. The van der Waals surface area contributed by atoms with Gasteiger partial charge in [-0.05, 0) is 37.7 Å². The second kappa shape index (κ2) is 11.1. The van der Waals surface area contributed by atoms with Crippen molar-refractivity contribution in [3.05, 3.63) is 83.9 Å². The Kier molecular flexibility index (Phi) is 7.27. The Labute approximate surface area is 289 Å². The molecule has 7 bridgehead atoms. The average molecular weight is 684 g/mol. The highest BCUT2D eigenvalue weighted by Gasteiger charge is 2.93. The van der Waals surface area contributed by atoms with Gasteiger partial charge in [0.05, 0.1) is 23.1 Å². The van der Waals surface area contributed by atoms with Gasteiger partial charge in [0.2, 0.25) is 0 Å². The maximum absolute atomic E-state index is 13.8. The van der Waals surface area contributed by atoms with E-state index >= 15 is 0 Å². The van der Waals surface area contributed by atoms with Crippen LogP contribution >= 0.6 is 0 Å². The van der Waals surface area contributed by atoms with Crippen molar-refractivity contribution in [2.24, 2.45) is 39.9 Å². The van der Waals surface area contributed by atoms with Gasteiger partial charge in [0.25, 0.3) is 0 Å². The standard InChI is InChI=1S/C39H41NO10/c1-19-16-38-26-28(50-36(46)23-14-10-7-11-15-23)25(19)29(47-20(2)42)31(38)39-30(27(33(38)44)40(5)32(26)39)37(4,18-41)17-24(34(39)48-21(3)43)49-35(45)22-12-8-6-9-13-22/h6-15,18,24-34,44H,1,16-17H2,2-5H3/t24-,25-,26+,27+,28+,29+,30+,31+,32+,33+,34+,37-,38-,39+/m0/s1. The molecule has 8 aliphatic rings. The first-order valence-corrected chi connectivity index (χ1v) is 17.2. The summed E-state index contributed by atoms with van der Waals surface area (Å²) in [4.78, 5) is 69.1. The number of piperidine rings is 1. The van der Waals surface area contributed by atoms with Crippen molar-refractivity contribution in [3.63, 3.8) is 0 Å². The molecule has 2 aromatic carbocycles. The molecule has 0 amide bonds. The van der Waals surface area contributed by atoms with Gasteiger partial charge in [-0.1, -0.05) is 55.5 Å². The number of hydrogen-bond acceptors (Lipinski definition) is 11. The zero-order chi connectivity index (χ0) is 35.5. The fourth-order valence-electron chi connectivity index (χ4n) is 12.3. The Bertz CT molecular complexity index is 1800. The zero-order valence-corrected chi connectivity index (χ0v) is 28.4. The van der Waals surface area contributed by atoms with Gasteiger partial charge in [-0.15, -0.1) is 0 Å². The average Bonchev–Trinajstić information content (AvgIpc) is 3.41. The highest BCUT2D eigenvalue weighted by atomic mass is 16.6. The van der Waals surface area contributed by atoms with Gasteiger partial charge in [0.1, 0.15) is 30.7 Å². The third kappa shape index (κ3) is 4.01. The molecule has 1 N–H and O–H groups in total. The molecular formula is C39H41NO10. The molecule has 0 unspecified atom stereocenters. The van der Waals surface area contributed by atoms with Crippen LogP contribution in [0.1, 0.15) is 54.3 Å². The highest BCUT2D eigenvalue weighted by molar-refractivity contribution is 5.90. The van der Waals surface area contributed by atoms with Gasteiger partial charge in [0, 0.05) is 66.4 Å². The Morgan fingerprint density at radius 2 is 1.44 bits per heavy atom. The second-order valence-electron chi connectivity index (χ2n) is 15.5. The van der Waals surface area contributed by atoms with E-state index in [0.717, 1.165) is 6.29 Å². The minimum Gasteiger partial charge on any atom is -0.461 e. The molecule has 6 saturated carbocycles. The van der Waals surface area contributed by atoms with Gasteiger partial charge in [-0.25, -0.2) is 9.59 Å². The highest BCUT2D eigenvalue weighted by Crippen LogP contribution is 2.85. The number of aldehydes is 1. The minimum atomic E-state index is -1.17. The Morgan fingerprint density at radius 3 is 2.00 bits per heavy atom. The maximum Gasteiger partial charge on any atom is 0.338 e. The molecule has 6 aliphatic carbocycles. The zero-order valence-electron chi connectivity index (χ0n) is 28.4. The van der Waals surface area contributed by atoms with Gasteiger partial charge in [-0.2, -0.15) is 0 Å². The van der Waals surface area contributed by atoms with E-state index in [2.05, 4.69) is 11.5 Å². The maximum atomic E-state index is 13.8. The Morgan fingerprint density at radius 1 is 0.860 bits per heavy atom. The van der Waals surface area contributed by atoms with E-state index in [1.54, 1.807) is 67.6 Å². The van der Waals surface area contributed by atoms with Crippen LogP contribution in [0.5, 0.6) is 0 Å². The number of esters is 4. The largest absolute Gasteiger partial charge is 0.461 e. The molecule has 262 valence electrons. The number of hydrogen-bond donors (Lipinski definition) is 1. The van der Waals surface area contributed by atoms with Crippen LogP contribution in [0.25, 0.3) is 0 Å². The van der Waals surface area contributed by atoms with Crippen LogP contribution in [-0.2, 0) is 33.3 Å². The van der Waals surface area contributed by atoms with Crippen molar-refractivity contribution < 1.29 is 48.0 Å². The number of rotatable bonds is 7.